The molecule has 7 nitrogen and oxygen atoms in total. The molecule has 0 aliphatic carbocycles. The van der Waals surface area contributed by atoms with E-state index in [2.05, 4.69) is 4.98 Å². The van der Waals surface area contributed by atoms with Gasteiger partial charge in [-0.25, -0.2) is 4.98 Å². The lowest BCUT2D eigenvalue weighted by atomic mass is 10.2. The van der Waals surface area contributed by atoms with Crippen LogP contribution >= 0.6 is 23.1 Å². The van der Waals surface area contributed by atoms with Gasteiger partial charge in [-0.05, 0) is 6.07 Å². The van der Waals surface area contributed by atoms with E-state index in [9.17, 15) is 14.9 Å². The first-order valence-electron chi connectivity index (χ1n) is 5.52. The van der Waals surface area contributed by atoms with Crippen LogP contribution in [0, 0.1) is 21.4 Å². The minimum absolute atomic E-state index is 0.151. The zero-order valence-corrected chi connectivity index (χ0v) is 12.0. The van der Waals surface area contributed by atoms with Crippen LogP contribution in [0.3, 0.4) is 0 Å². The van der Waals surface area contributed by atoms with Gasteiger partial charge in [-0.2, -0.15) is 5.26 Å². The highest BCUT2D eigenvalue weighted by atomic mass is 32.2. The summed E-state index contributed by atoms with van der Waals surface area (Å²) in [5, 5.41) is 30.0. The van der Waals surface area contributed by atoms with Crippen molar-refractivity contribution in [2.75, 3.05) is 0 Å². The third-order valence-electron chi connectivity index (χ3n) is 2.35. The molecule has 2 aromatic rings. The van der Waals surface area contributed by atoms with Gasteiger partial charge in [0.25, 0.3) is 5.69 Å². The molecule has 1 aromatic heterocycles. The summed E-state index contributed by atoms with van der Waals surface area (Å²) >= 11 is 2.44. The molecule has 0 saturated heterocycles. The van der Waals surface area contributed by atoms with Crippen molar-refractivity contribution >= 4 is 34.8 Å². The van der Waals surface area contributed by atoms with E-state index in [1.807, 2.05) is 6.07 Å². The Kier molecular flexibility index (Phi) is 4.52. The average molecular weight is 321 g/mol. The van der Waals surface area contributed by atoms with Crippen LogP contribution in [0.2, 0.25) is 0 Å². The second kappa shape index (κ2) is 6.34. The quantitative estimate of drug-likeness (QED) is 0.664. The first-order valence-corrected chi connectivity index (χ1v) is 7.22. The van der Waals surface area contributed by atoms with Gasteiger partial charge in [-0.3, -0.25) is 14.9 Å². The normalized spacial score (nSPS) is 10.0. The Hall–Kier alpha value is -2.44. The molecule has 0 amide bonds. The van der Waals surface area contributed by atoms with Crippen molar-refractivity contribution in [3.63, 3.8) is 0 Å². The van der Waals surface area contributed by atoms with Crippen LogP contribution in [0.5, 0.6) is 0 Å². The molecule has 0 aliphatic heterocycles. The maximum atomic E-state index is 10.7. The molecule has 0 radical (unpaired) electrons. The van der Waals surface area contributed by atoms with Crippen LogP contribution in [0.15, 0.2) is 32.8 Å². The molecule has 0 fully saturated rings. The van der Waals surface area contributed by atoms with Gasteiger partial charge >= 0.3 is 5.97 Å². The van der Waals surface area contributed by atoms with Crippen LogP contribution in [0.4, 0.5) is 5.69 Å². The van der Waals surface area contributed by atoms with E-state index in [0.717, 1.165) is 0 Å². The van der Waals surface area contributed by atoms with Crippen LogP contribution < -0.4 is 0 Å². The molecule has 21 heavy (non-hydrogen) atoms. The van der Waals surface area contributed by atoms with Crippen molar-refractivity contribution in [3.05, 3.63) is 45.0 Å². The number of nitro groups is 1. The zero-order chi connectivity index (χ0) is 15.4. The molecule has 0 bridgehead atoms. The summed E-state index contributed by atoms with van der Waals surface area (Å²) < 4.78 is 0.580. The van der Waals surface area contributed by atoms with Crippen LogP contribution in [-0.2, 0) is 11.2 Å². The second-order valence-corrected chi connectivity index (χ2v) is 5.97. The molecule has 106 valence electrons. The lowest BCUT2D eigenvalue weighted by molar-refractivity contribution is -0.384. The molecule has 2 rings (SSSR count). The van der Waals surface area contributed by atoms with Gasteiger partial charge in [0.15, 0.2) is 4.34 Å². The van der Waals surface area contributed by atoms with Gasteiger partial charge < -0.3 is 5.11 Å². The van der Waals surface area contributed by atoms with E-state index < -0.39 is 10.9 Å². The van der Waals surface area contributed by atoms with E-state index in [4.69, 9.17) is 10.4 Å². The lowest BCUT2D eigenvalue weighted by Crippen LogP contribution is -1.99. The minimum atomic E-state index is -0.968. The Morgan fingerprint density at radius 1 is 1.57 bits per heavy atom. The maximum absolute atomic E-state index is 10.7. The number of rotatable bonds is 5. The average Bonchev–Trinajstić information content (AvgIpc) is 2.85. The first-order chi connectivity index (χ1) is 9.99. The smallest absolute Gasteiger partial charge is 0.309 e. The van der Waals surface area contributed by atoms with Gasteiger partial charge in [-0.1, -0.05) is 11.8 Å². The zero-order valence-electron chi connectivity index (χ0n) is 10.3. The Morgan fingerprint density at radius 3 is 2.95 bits per heavy atom. The molecule has 9 heteroatoms. The summed E-state index contributed by atoms with van der Waals surface area (Å²) in [7, 11) is 0. The number of carbonyl (C=O) groups is 1. The van der Waals surface area contributed by atoms with Gasteiger partial charge in [0, 0.05) is 22.4 Å². The first kappa shape index (κ1) is 15.0. The monoisotopic (exact) mass is 321 g/mol. The topological polar surface area (TPSA) is 117 Å². The fraction of sp³-hybridized carbons (Fsp3) is 0.0833. The van der Waals surface area contributed by atoms with Crippen LogP contribution in [-0.4, -0.2) is 21.0 Å². The summed E-state index contributed by atoms with van der Waals surface area (Å²) in [5.41, 5.74) is 0.473. The lowest BCUT2D eigenvalue weighted by Gasteiger charge is -2.00. The third-order valence-corrected chi connectivity index (χ3v) is 4.42. The Morgan fingerprint density at radius 2 is 2.33 bits per heavy atom. The maximum Gasteiger partial charge on any atom is 0.309 e. The molecule has 1 aromatic carbocycles. The number of carboxylic acids is 1. The van der Waals surface area contributed by atoms with Gasteiger partial charge in [0.2, 0.25) is 0 Å². The number of aliphatic carboxylic acids is 1. The molecular formula is C12H7N3O4S2. The highest BCUT2D eigenvalue weighted by Crippen LogP contribution is 2.34. The predicted molar refractivity (Wildman–Crippen MR) is 75.4 cm³/mol. The van der Waals surface area contributed by atoms with E-state index in [-0.39, 0.29) is 17.7 Å². The van der Waals surface area contributed by atoms with E-state index in [1.54, 1.807) is 5.38 Å². The van der Waals surface area contributed by atoms with Crippen molar-refractivity contribution in [1.82, 2.24) is 4.98 Å². The molecule has 0 atom stereocenters. The van der Waals surface area contributed by atoms with Gasteiger partial charge in [-0.15, -0.1) is 11.3 Å². The summed E-state index contributed by atoms with van der Waals surface area (Å²) in [6.45, 7) is 0. The standard InChI is InChI=1S/C12H7N3O4S2/c13-5-7-3-9(15(18)19)1-2-10(7)21-12-14-8(6-20-12)4-11(16)17/h1-3,6H,4H2,(H,16,17). The minimum Gasteiger partial charge on any atom is -0.481 e. The number of carboxylic acid groups (broad SMARTS) is 1. The number of aromatic nitrogens is 1. The van der Waals surface area contributed by atoms with Gasteiger partial charge in [0.1, 0.15) is 6.07 Å². The number of nitriles is 1. The van der Waals surface area contributed by atoms with Crippen molar-refractivity contribution in [3.8, 4) is 6.07 Å². The number of nitrogens with zero attached hydrogens (tertiary/aromatic N) is 3. The number of nitro benzene ring substituents is 1. The van der Waals surface area contributed by atoms with E-state index >= 15 is 0 Å². The summed E-state index contributed by atoms with van der Waals surface area (Å²) in [5.74, 6) is -0.968. The largest absolute Gasteiger partial charge is 0.481 e. The Balaban J connectivity index is 2.23. The molecular weight excluding hydrogens is 314 g/mol. The predicted octanol–water partition coefficient (Wildman–Crippen LogP) is 2.70. The number of thiazole rings is 1. The number of hydrogen-bond acceptors (Lipinski definition) is 7. The highest BCUT2D eigenvalue weighted by Gasteiger charge is 2.13. The van der Waals surface area contributed by atoms with Crippen molar-refractivity contribution < 1.29 is 14.8 Å². The molecule has 1 heterocycles. The summed E-state index contributed by atoms with van der Waals surface area (Å²) in [6, 6.07) is 5.91. The molecule has 0 aliphatic rings. The molecule has 1 N–H and O–H groups in total. The molecule has 0 saturated carbocycles. The van der Waals surface area contributed by atoms with Gasteiger partial charge in [0.05, 0.1) is 22.6 Å². The SMILES string of the molecule is N#Cc1cc([N+](=O)[O-])ccc1Sc1nc(CC(=O)O)cs1. The summed E-state index contributed by atoms with van der Waals surface area (Å²) in [6.07, 6.45) is -0.164. The summed E-state index contributed by atoms with van der Waals surface area (Å²) in [4.78, 5) is 25.4. The second-order valence-electron chi connectivity index (χ2n) is 3.83. The fourth-order valence-electron chi connectivity index (χ4n) is 1.47. The van der Waals surface area contributed by atoms with Crippen molar-refractivity contribution in [2.45, 2.75) is 15.7 Å². The highest BCUT2D eigenvalue weighted by molar-refractivity contribution is 8.01. The fourth-order valence-corrected chi connectivity index (χ4v) is 3.32. The van der Waals surface area contributed by atoms with Crippen LogP contribution in [0.25, 0.3) is 0 Å². The number of benzene rings is 1. The van der Waals surface area contributed by atoms with Crippen molar-refractivity contribution in [1.29, 1.82) is 5.26 Å². The van der Waals surface area contributed by atoms with E-state index in [0.29, 0.717) is 14.9 Å². The number of non-ortho nitro benzene ring substituents is 1. The molecule has 0 spiro atoms. The van der Waals surface area contributed by atoms with E-state index in [1.165, 1.54) is 41.3 Å². The number of hydrogen-bond donors (Lipinski definition) is 1. The Labute approximate surface area is 127 Å². The molecule has 0 unspecified atom stereocenters. The van der Waals surface area contributed by atoms with Crippen LogP contribution in [0.1, 0.15) is 11.3 Å². The Bertz CT molecular complexity index is 751. The van der Waals surface area contributed by atoms with Crippen molar-refractivity contribution in [2.24, 2.45) is 0 Å². The third kappa shape index (κ3) is 3.77.